The van der Waals surface area contributed by atoms with Crippen molar-refractivity contribution in [2.75, 3.05) is 19.8 Å². The maximum atomic E-state index is 11.2. The summed E-state index contributed by atoms with van der Waals surface area (Å²) in [5, 5.41) is 11.1. The van der Waals surface area contributed by atoms with Crippen LogP contribution in [0.25, 0.3) is 0 Å². The molecule has 1 amide bonds. The van der Waals surface area contributed by atoms with E-state index >= 15 is 0 Å². The van der Waals surface area contributed by atoms with Crippen molar-refractivity contribution in [3.63, 3.8) is 0 Å². The van der Waals surface area contributed by atoms with E-state index in [4.69, 9.17) is 9.84 Å². The lowest BCUT2D eigenvalue weighted by atomic mass is 10.3. The first kappa shape index (κ1) is 14.0. The van der Waals surface area contributed by atoms with Gasteiger partial charge in [-0.15, -0.1) is 0 Å². The second-order valence-corrected chi connectivity index (χ2v) is 4.40. The molecule has 5 heteroatoms. The second-order valence-electron chi connectivity index (χ2n) is 3.48. The fourth-order valence-corrected chi connectivity index (χ4v) is 1.50. The number of rotatable bonds is 7. The Hall–Kier alpha value is -1.07. The molecule has 2 N–H and O–H groups in total. The number of nitrogens with one attached hydrogen (secondary N) is 1. The van der Waals surface area contributed by atoms with Gasteiger partial charge >= 0.3 is 0 Å². The summed E-state index contributed by atoms with van der Waals surface area (Å²) in [6.07, 6.45) is 1.07. The maximum absolute atomic E-state index is 11.2. The Bertz CT molecular complexity index is 340. The van der Waals surface area contributed by atoms with E-state index < -0.39 is 0 Å². The second kappa shape index (κ2) is 8.08. The van der Waals surface area contributed by atoms with Gasteiger partial charge in [-0.3, -0.25) is 4.79 Å². The zero-order valence-electron chi connectivity index (χ0n) is 9.49. The Labute approximate surface area is 109 Å². The van der Waals surface area contributed by atoms with E-state index in [0.717, 1.165) is 10.2 Å². The lowest BCUT2D eigenvalue weighted by Gasteiger charge is -2.06. The minimum atomic E-state index is -0.0570. The third-order valence-electron chi connectivity index (χ3n) is 2.06. The topological polar surface area (TPSA) is 58.6 Å². The maximum Gasteiger partial charge on any atom is 0.220 e. The van der Waals surface area contributed by atoms with E-state index in [1.807, 2.05) is 24.3 Å². The summed E-state index contributed by atoms with van der Waals surface area (Å²) in [7, 11) is 0. The molecule has 0 radical (unpaired) electrons. The van der Waals surface area contributed by atoms with E-state index in [1.165, 1.54) is 0 Å². The van der Waals surface area contributed by atoms with Crippen LogP contribution in [0.4, 0.5) is 0 Å². The van der Waals surface area contributed by atoms with Crippen molar-refractivity contribution >= 4 is 21.8 Å². The average Bonchev–Trinajstić information content (AvgIpc) is 2.34. The monoisotopic (exact) mass is 301 g/mol. The summed E-state index contributed by atoms with van der Waals surface area (Å²) in [5.41, 5.74) is 0. The molecule has 0 aliphatic rings. The SMILES string of the molecule is O=C(CCCOc1ccc(Br)cc1)NCCO. The molecular weight excluding hydrogens is 286 g/mol. The van der Waals surface area contributed by atoms with E-state index in [-0.39, 0.29) is 12.5 Å². The van der Waals surface area contributed by atoms with Gasteiger partial charge in [0, 0.05) is 17.4 Å². The van der Waals surface area contributed by atoms with E-state index in [0.29, 0.717) is 26.0 Å². The minimum absolute atomic E-state index is 0.0267. The van der Waals surface area contributed by atoms with E-state index in [9.17, 15) is 4.79 Å². The van der Waals surface area contributed by atoms with Gasteiger partial charge < -0.3 is 15.2 Å². The zero-order valence-corrected chi connectivity index (χ0v) is 11.1. The zero-order chi connectivity index (χ0) is 12.5. The Morgan fingerprint density at radius 3 is 2.71 bits per heavy atom. The van der Waals surface area contributed by atoms with E-state index in [1.54, 1.807) is 0 Å². The standard InChI is InChI=1S/C12H16BrNO3/c13-10-3-5-11(6-4-10)17-9-1-2-12(16)14-7-8-15/h3-6,15H,1-2,7-9H2,(H,14,16). The summed E-state index contributed by atoms with van der Waals surface area (Å²) >= 11 is 3.34. The third kappa shape index (κ3) is 6.28. The number of benzene rings is 1. The van der Waals surface area contributed by atoms with Crippen LogP contribution < -0.4 is 10.1 Å². The van der Waals surface area contributed by atoms with Crippen LogP contribution in [0.2, 0.25) is 0 Å². The number of carbonyl (C=O) groups is 1. The van der Waals surface area contributed by atoms with Crippen LogP contribution in [0.15, 0.2) is 28.7 Å². The Morgan fingerprint density at radius 1 is 1.35 bits per heavy atom. The molecule has 1 aromatic rings. The first-order valence-corrected chi connectivity index (χ1v) is 6.27. The summed E-state index contributed by atoms with van der Waals surface area (Å²) in [5.74, 6) is 0.738. The molecule has 0 spiro atoms. The fraction of sp³-hybridized carbons (Fsp3) is 0.417. The number of amides is 1. The van der Waals surface area contributed by atoms with Crippen molar-refractivity contribution in [1.82, 2.24) is 5.32 Å². The van der Waals surface area contributed by atoms with Gasteiger partial charge in [-0.05, 0) is 30.7 Å². The number of carbonyl (C=O) groups excluding carboxylic acids is 1. The quantitative estimate of drug-likeness (QED) is 0.754. The average molecular weight is 302 g/mol. The molecule has 94 valence electrons. The van der Waals surface area contributed by atoms with Crippen LogP contribution >= 0.6 is 15.9 Å². The van der Waals surface area contributed by atoms with Gasteiger partial charge in [0.25, 0.3) is 0 Å². The smallest absolute Gasteiger partial charge is 0.220 e. The predicted molar refractivity (Wildman–Crippen MR) is 69.0 cm³/mol. The largest absolute Gasteiger partial charge is 0.494 e. The fourth-order valence-electron chi connectivity index (χ4n) is 1.24. The van der Waals surface area contributed by atoms with Crippen LogP contribution in [0.3, 0.4) is 0 Å². The van der Waals surface area contributed by atoms with Gasteiger partial charge in [0.05, 0.1) is 13.2 Å². The molecule has 0 unspecified atom stereocenters. The van der Waals surface area contributed by atoms with Crippen molar-refractivity contribution in [2.24, 2.45) is 0 Å². The highest BCUT2D eigenvalue weighted by atomic mass is 79.9. The molecule has 0 aliphatic heterocycles. The van der Waals surface area contributed by atoms with Gasteiger partial charge in [-0.25, -0.2) is 0 Å². The van der Waals surface area contributed by atoms with Crippen molar-refractivity contribution in [3.8, 4) is 5.75 Å². The Morgan fingerprint density at radius 2 is 2.06 bits per heavy atom. The van der Waals surface area contributed by atoms with E-state index in [2.05, 4.69) is 21.2 Å². The number of aliphatic hydroxyl groups is 1. The van der Waals surface area contributed by atoms with Gasteiger partial charge in [0.1, 0.15) is 5.75 Å². The molecule has 0 bridgehead atoms. The molecule has 4 nitrogen and oxygen atoms in total. The molecule has 0 heterocycles. The molecule has 0 saturated carbocycles. The number of halogens is 1. The molecule has 0 saturated heterocycles. The lowest BCUT2D eigenvalue weighted by Crippen LogP contribution is -2.26. The van der Waals surface area contributed by atoms with Crippen LogP contribution in [0.1, 0.15) is 12.8 Å². The third-order valence-corrected chi connectivity index (χ3v) is 2.59. The molecule has 1 aromatic carbocycles. The van der Waals surface area contributed by atoms with Crippen molar-refractivity contribution in [3.05, 3.63) is 28.7 Å². The van der Waals surface area contributed by atoms with Crippen LogP contribution in [-0.4, -0.2) is 30.8 Å². The predicted octanol–water partition coefficient (Wildman–Crippen LogP) is 1.72. The Balaban J connectivity index is 2.11. The summed E-state index contributed by atoms with van der Waals surface area (Å²) in [4.78, 5) is 11.2. The Kier molecular flexibility index (Phi) is 6.65. The molecule has 1 rings (SSSR count). The molecule has 0 aromatic heterocycles. The normalized spacial score (nSPS) is 10.0. The van der Waals surface area contributed by atoms with Crippen LogP contribution in [-0.2, 0) is 4.79 Å². The molecular formula is C12H16BrNO3. The highest BCUT2D eigenvalue weighted by Gasteiger charge is 2.00. The van der Waals surface area contributed by atoms with Crippen molar-refractivity contribution in [1.29, 1.82) is 0 Å². The highest BCUT2D eigenvalue weighted by Crippen LogP contribution is 2.16. The molecule has 0 atom stereocenters. The first-order chi connectivity index (χ1) is 8.22. The molecule has 0 aliphatic carbocycles. The molecule has 0 fully saturated rings. The number of aliphatic hydroxyl groups excluding tert-OH is 1. The van der Waals surface area contributed by atoms with Crippen molar-refractivity contribution in [2.45, 2.75) is 12.8 Å². The minimum Gasteiger partial charge on any atom is -0.494 e. The summed E-state index contributed by atoms with van der Waals surface area (Å²) < 4.78 is 6.47. The lowest BCUT2D eigenvalue weighted by molar-refractivity contribution is -0.121. The van der Waals surface area contributed by atoms with Gasteiger partial charge in [0.2, 0.25) is 5.91 Å². The summed E-state index contributed by atoms with van der Waals surface area (Å²) in [6, 6.07) is 7.55. The van der Waals surface area contributed by atoms with Crippen LogP contribution in [0.5, 0.6) is 5.75 Å². The first-order valence-electron chi connectivity index (χ1n) is 5.48. The highest BCUT2D eigenvalue weighted by molar-refractivity contribution is 9.10. The number of hydrogen-bond donors (Lipinski definition) is 2. The number of ether oxygens (including phenoxy) is 1. The summed E-state index contributed by atoms with van der Waals surface area (Å²) in [6.45, 7) is 0.793. The number of hydrogen-bond acceptors (Lipinski definition) is 3. The van der Waals surface area contributed by atoms with Crippen LogP contribution in [0, 0.1) is 0 Å². The van der Waals surface area contributed by atoms with Crippen molar-refractivity contribution < 1.29 is 14.6 Å². The van der Waals surface area contributed by atoms with Gasteiger partial charge in [0.15, 0.2) is 0 Å². The molecule has 17 heavy (non-hydrogen) atoms. The van der Waals surface area contributed by atoms with Gasteiger partial charge in [-0.2, -0.15) is 0 Å². The van der Waals surface area contributed by atoms with Gasteiger partial charge in [-0.1, -0.05) is 15.9 Å².